The van der Waals surface area contributed by atoms with Gasteiger partial charge in [-0.05, 0) is 0 Å². The molecule has 0 amide bonds. The van der Waals surface area contributed by atoms with E-state index in [1.165, 1.54) is 0 Å². The Bertz CT molecular complexity index is 34.5. The minimum absolute atomic E-state index is 0. The molecule has 0 atom stereocenters. The van der Waals surface area contributed by atoms with Crippen molar-refractivity contribution >= 4 is 10.9 Å². The highest BCUT2D eigenvalue weighted by Gasteiger charge is 1.84. The van der Waals surface area contributed by atoms with E-state index in [0.29, 0.717) is 10.9 Å². The molecule has 0 radical (unpaired) electrons. The largest absolute Gasteiger partial charge is 1.00 e. The Kier molecular flexibility index (Phi) is 9.06. The molecular formula is C4H9BrS. The van der Waals surface area contributed by atoms with Gasteiger partial charge in [-0.1, -0.05) is 6.58 Å². The van der Waals surface area contributed by atoms with Crippen molar-refractivity contribution in [1.29, 1.82) is 0 Å². The smallest absolute Gasteiger partial charge is 0.111 e. The van der Waals surface area contributed by atoms with Crippen molar-refractivity contribution in [3.05, 3.63) is 12.0 Å². The summed E-state index contributed by atoms with van der Waals surface area (Å²) in [7, 11) is 0.441. The molecule has 0 unspecified atom stereocenters. The Hall–Kier alpha value is 0.570. The van der Waals surface area contributed by atoms with E-state index in [1.807, 2.05) is 5.41 Å². The maximum atomic E-state index is 3.57. The van der Waals surface area contributed by atoms with Crippen LogP contribution in [0.3, 0.4) is 0 Å². The monoisotopic (exact) mass is 168 g/mol. The van der Waals surface area contributed by atoms with Crippen molar-refractivity contribution in [3.8, 4) is 0 Å². The molecule has 0 bridgehead atoms. The van der Waals surface area contributed by atoms with Crippen molar-refractivity contribution in [2.75, 3.05) is 12.5 Å². The van der Waals surface area contributed by atoms with Crippen LogP contribution in [-0.4, -0.2) is 12.5 Å². The van der Waals surface area contributed by atoms with E-state index in [1.54, 1.807) is 0 Å². The van der Waals surface area contributed by atoms with Crippen LogP contribution < -0.4 is 17.0 Å². The van der Waals surface area contributed by atoms with E-state index in [9.17, 15) is 0 Å². The van der Waals surface area contributed by atoms with Crippen molar-refractivity contribution in [3.63, 3.8) is 0 Å². The molecule has 2 heteroatoms. The summed E-state index contributed by atoms with van der Waals surface area (Å²) in [6.45, 7) is 3.57. The SMILES string of the molecule is C=C[S+](C)C.[Br-]. The van der Waals surface area contributed by atoms with Crippen LogP contribution in [0.15, 0.2) is 12.0 Å². The maximum Gasteiger partial charge on any atom is 0.111 e. The minimum atomic E-state index is 0. The zero-order valence-corrected chi connectivity index (χ0v) is 6.47. The summed E-state index contributed by atoms with van der Waals surface area (Å²) < 4.78 is 0. The predicted molar refractivity (Wildman–Crippen MR) is 29.4 cm³/mol. The molecule has 6 heavy (non-hydrogen) atoms. The molecule has 0 aromatic heterocycles. The van der Waals surface area contributed by atoms with Gasteiger partial charge in [-0.3, -0.25) is 0 Å². The van der Waals surface area contributed by atoms with Crippen LogP contribution in [0.4, 0.5) is 0 Å². The first-order valence-corrected chi connectivity index (χ1v) is 3.56. The molecule has 0 heterocycles. The molecule has 0 fully saturated rings. The summed E-state index contributed by atoms with van der Waals surface area (Å²) in [5.74, 6) is 0. The van der Waals surface area contributed by atoms with Gasteiger partial charge >= 0.3 is 0 Å². The van der Waals surface area contributed by atoms with Gasteiger partial charge in [0.15, 0.2) is 0 Å². The van der Waals surface area contributed by atoms with E-state index < -0.39 is 0 Å². The van der Waals surface area contributed by atoms with Gasteiger partial charge < -0.3 is 17.0 Å². The molecule has 0 aliphatic rings. The molecule has 0 N–H and O–H groups in total. The van der Waals surface area contributed by atoms with Gasteiger partial charge in [-0.25, -0.2) is 0 Å². The Morgan fingerprint density at radius 3 is 1.67 bits per heavy atom. The molecule has 0 saturated carbocycles. The molecule has 0 aliphatic carbocycles. The van der Waals surface area contributed by atoms with E-state index in [4.69, 9.17) is 0 Å². The molecule has 0 aliphatic heterocycles. The highest BCUT2D eigenvalue weighted by atomic mass is 79.9. The van der Waals surface area contributed by atoms with Crippen LogP contribution >= 0.6 is 0 Å². The van der Waals surface area contributed by atoms with E-state index >= 15 is 0 Å². The van der Waals surface area contributed by atoms with Gasteiger partial charge in [0, 0.05) is 10.9 Å². The lowest BCUT2D eigenvalue weighted by atomic mass is 11.3. The zero-order chi connectivity index (χ0) is 4.28. The highest BCUT2D eigenvalue weighted by Crippen LogP contribution is 1.77. The van der Waals surface area contributed by atoms with Gasteiger partial charge in [0.25, 0.3) is 0 Å². The molecule has 0 saturated heterocycles. The maximum absolute atomic E-state index is 3.57. The van der Waals surface area contributed by atoms with Gasteiger partial charge in [0.2, 0.25) is 0 Å². The third-order valence-corrected chi connectivity index (χ3v) is 1.000. The van der Waals surface area contributed by atoms with E-state index in [2.05, 4.69) is 19.1 Å². The van der Waals surface area contributed by atoms with E-state index in [-0.39, 0.29) is 17.0 Å². The van der Waals surface area contributed by atoms with Crippen LogP contribution in [0.25, 0.3) is 0 Å². The summed E-state index contributed by atoms with van der Waals surface area (Å²) in [6, 6.07) is 0. The zero-order valence-electron chi connectivity index (χ0n) is 4.07. The fourth-order valence-corrected chi connectivity index (χ4v) is 0. The van der Waals surface area contributed by atoms with Gasteiger partial charge in [0.1, 0.15) is 17.9 Å². The normalized spacial score (nSPS) is 7.17. The number of halogens is 1. The molecule has 0 aromatic rings. The minimum Gasteiger partial charge on any atom is -1.00 e. The van der Waals surface area contributed by atoms with Crippen LogP contribution in [0, 0.1) is 0 Å². The fourth-order valence-electron chi connectivity index (χ4n) is 0. The molecule has 0 nitrogen and oxygen atoms in total. The number of rotatable bonds is 1. The van der Waals surface area contributed by atoms with Crippen molar-refractivity contribution < 1.29 is 17.0 Å². The summed E-state index contributed by atoms with van der Waals surface area (Å²) in [5, 5.41) is 1.94. The first kappa shape index (κ1) is 9.76. The van der Waals surface area contributed by atoms with Crippen LogP contribution in [0.5, 0.6) is 0 Å². The second kappa shape index (κ2) is 5.57. The average Bonchev–Trinajstić information content (AvgIpc) is 1.38. The third-order valence-electron chi connectivity index (χ3n) is 0.333. The Balaban J connectivity index is 0. The van der Waals surface area contributed by atoms with E-state index in [0.717, 1.165) is 0 Å². The van der Waals surface area contributed by atoms with Crippen molar-refractivity contribution in [1.82, 2.24) is 0 Å². The summed E-state index contributed by atoms with van der Waals surface area (Å²) in [4.78, 5) is 0. The van der Waals surface area contributed by atoms with Gasteiger partial charge in [-0.15, -0.1) is 0 Å². The van der Waals surface area contributed by atoms with Crippen LogP contribution in [0.2, 0.25) is 0 Å². The van der Waals surface area contributed by atoms with Gasteiger partial charge in [0.05, 0.1) is 0 Å². The lowest BCUT2D eigenvalue weighted by Crippen LogP contribution is -3.00. The Labute approximate surface area is 52.7 Å². The number of hydrogen-bond acceptors (Lipinski definition) is 0. The predicted octanol–water partition coefficient (Wildman–Crippen LogP) is -1.99. The second-order valence-electron chi connectivity index (χ2n) is 1.05. The Morgan fingerprint density at radius 2 is 1.67 bits per heavy atom. The Morgan fingerprint density at radius 1 is 1.50 bits per heavy atom. The quantitative estimate of drug-likeness (QED) is 0.399. The first-order chi connectivity index (χ1) is 2.27. The van der Waals surface area contributed by atoms with Crippen molar-refractivity contribution in [2.45, 2.75) is 0 Å². The van der Waals surface area contributed by atoms with Crippen LogP contribution in [-0.2, 0) is 10.9 Å². The molecule has 0 aromatic carbocycles. The third kappa shape index (κ3) is 8.82. The fraction of sp³-hybridized carbons (Fsp3) is 0.500. The average molecular weight is 169 g/mol. The summed E-state index contributed by atoms with van der Waals surface area (Å²) >= 11 is 0. The van der Waals surface area contributed by atoms with Crippen molar-refractivity contribution in [2.24, 2.45) is 0 Å². The molecule has 0 spiro atoms. The summed E-state index contributed by atoms with van der Waals surface area (Å²) in [6.07, 6.45) is 4.26. The number of hydrogen-bond donors (Lipinski definition) is 0. The standard InChI is InChI=1S/C4H9S.BrH/c1-4-5(2)3;/h4H,1H2,2-3H3;1H/q+1;/p-1. The topological polar surface area (TPSA) is 0 Å². The van der Waals surface area contributed by atoms with Crippen LogP contribution in [0.1, 0.15) is 0 Å². The van der Waals surface area contributed by atoms with Gasteiger partial charge in [-0.2, -0.15) is 0 Å². The lowest BCUT2D eigenvalue weighted by Gasteiger charge is -1.73. The summed E-state index contributed by atoms with van der Waals surface area (Å²) in [5.41, 5.74) is 0. The molecular weight excluding hydrogens is 160 g/mol. The second-order valence-corrected chi connectivity index (χ2v) is 3.14. The molecule has 0 rings (SSSR count). The first-order valence-electron chi connectivity index (χ1n) is 1.46. The molecule has 38 valence electrons. The highest BCUT2D eigenvalue weighted by molar-refractivity contribution is 7.98. The lowest BCUT2D eigenvalue weighted by molar-refractivity contribution is -0.00000120.